The molecule has 1 unspecified atom stereocenters. The van der Waals surface area contributed by atoms with Crippen LogP contribution in [0.5, 0.6) is 0 Å². The van der Waals surface area contributed by atoms with E-state index in [9.17, 15) is 4.79 Å². The van der Waals surface area contributed by atoms with Gasteiger partial charge in [-0.3, -0.25) is 4.79 Å². The molecule has 1 aliphatic heterocycles. The maximum atomic E-state index is 11.5. The largest absolute Gasteiger partial charge is 0.355 e. The van der Waals surface area contributed by atoms with E-state index < -0.39 is 0 Å². The summed E-state index contributed by atoms with van der Waals surface area (Å²) < 4.78 is 0. The summed E-state index contributed by atoms with van der Waals surface area (Å²) in [6.07, 6.45) is 1.85. The number of carbonyl (C=O) groups is 1. The van der Waals surface area contributed by atoms with Crippen molar-refractivity contribution in [2.45, 2.75) is 25.4 Å². The van der Waals surface area contributed by atoms with Crippen molar-refractivity contribution in [2.24, 2.45) is 0 Å². The van der Waals surface area contributed by atoms with Crippen LogP contribution in [0.25, 0.3) is 0 Å². The van der Waals surface area contributed by atoms with Crippen LogP contribution in [0.4, 0.5) is 0 Å². The van der Waals surface area contributed by atoms with E-state index in [1.165, 1.54) is 0 Å². The fraction of sp³-hybridized carbons (Fsp3) is 0.417. The molecule has 1 heterocycles. The van der Waals surface area contributed by atoms with E-state index in [0.717, 1.165) is 24.9 Å². The summed E-state index contributed by atoms with van der Waals surface area (Å²) in [6.45, 7) is 1.28. The van der Waals surface area contributed by atoms with E-state index in [-0.39, 0.29) is 11.9 Å². The van der Waals surface area contributed by atoms with Crippen molar-refractivity contribution < 1.29 is 4.79 Å². The van der Waals surface area contributed by atoms with Gasteiger partial charge in [0.05, 0.1) is 6.04 Å². The standard InChI is InChI=1S/C12H14Cl2N2O/c13-9-3-1-4-10(14)8(9)7-16-11-5-2-6-15-12(11)17/h1,3-4,11,16H,2,5-7H2,(H,15,17). The highest BCUT2D eigenvalue weighted by molar-refractivity contribution is 6.35. The van der Waals surface area contributed by atoms with Gasteiger partial charge in [-0.25, -0.2) is 0 Å². The minimum Gasteiger partial charge on any atom is -0.355 e. The Balaban J connectivity index is 1.99. The molecule has 2 rings (SSSR count). The summed E-state index contributed by atoms with van der Waals surface area (Å²) in [7, 11) is 0. The molecule has 92 valence electrons. The third-order valence-corrected chi connectivity index (χ3v) is 3.58. The van der Waals surface area contributed by atoms with Gasteiger partial charge in [-0.1, -0.05) is 29.3 Å². The van der Waals surface area contributed by atoms with E-state index in [0.29, 0.717) is 16.6 Å². The first kappa shape index (κ1) is 12.7. The van der Waals surface area contributed by atoms with Crippen molar-refractivity contribution in [1.29, 1.82) is 0 Å². The van der Waals surface area contributed by atoms with Crippen LogP contribution in [0.3, 0.4) is 0 Å². The van der Waals surface area contributed by atoms with Crippen LogP contribution in [-0.2, 0) is 11.3 Å². The number of nitrogens with one attached hydrogen (secondary N) is 2. The Morgan fingerprint density at radius 1 is 1.35 bits per heavy atom. The molecule has 1 amide bonds. The summed E-state index contributed by atoms with van der Waals surface area (Å²) >= 11 is 12.1. The van der Waals surface area contributed by atoms with E-state index in [1.54, 1.807) is 12.1 Å². The zero-order chi connectivity index (χ0) is 12.3. The Labute approximate surface area is 110 Å². The first-order valence-electron chi connectivity index (χ1n) is 5.62. The topological polar surface area (TPSA) is 41.1 Å². The molecule has 5 heteroatoms. The monoisotopic (exact) mass is 272 g/mol. The van der Waals surface area contributed by atoms with Gasteiger partial charge in [-0.05, 0) is 25.0 Å². The average molecular weight is 273 g/mol. The van der Waals surface area contributed by atoms with Crippen molar-refractivity contribution >= 4 is 29.1 Å². The van der Waals surface area contributed by atoms with Crippen molar-refractivity contribution in [1.82, 2.24) is 10.6 Å². The Morgan fingerprint density at radius 2 is 2.06 bits per heavy atom. The van der Waals surface area contributed by atoms with Gasteiger partial charge in [-0.2, -0.15) is 0 Å². The van der Waals surface area contributed by atoms with Gasteiger partial charge in [0.2, 0.25) is 5.91 Å². The molecule has 1 aromatic rings. The highest BCUT2D eigenvalue weighted by Gasteiger charge is 2.21. The zero-order valence-electron chi connectivity index (χ0n) is 9.30. The molecule has 0 spiro atoms. The van der Waals surface area contributed by atoms with Crippen molar-refractivity contribution in [3.05, 3.63) is 33.8 Å². The number of amides is 1. The molecule has 2 N–H and O–H groups in total. The highest BCUT2D eigenvalue weighted by atomic mass is 35.5. The molecule has 17 heavy (non-hydrogen) atoms. The molecule has 0 saturated carbocycles. The quantitative estimate of drug-likeness (QED) is 0.887. The maximum absolute atomic E-state index is 11.5. The predicted octanol–water partition coefficient (Wildman–Crippen LogP) is 2.36. The molecule has 1 fully saturated rings. The van der Waals surface area contributed by atoms with Crippen LogP contribution in [0.1, 0.15) is 18.4 Å². The van der Waals surface area contributed by atoms with Crippen LogP contribution in [0.15, 0.2) is 18.2 Å². The summed E-state index contributed by atoms with van der Waals surface area (Å²) in [5.41, 5.74) is 0.842. The fourth-order valence-electron chi connectivity index (χ4n) is 1.89. The molecule has 1 aromatic carbocycles. The van der Waals surface area contributed by atoms with Gasteiger partial charge in [0, 0.05) is 28.7 Å². The number of piperidine rings is 1. The minimum absolute atomic E-state index is 0.0550. The molecular formula is C12H14Cl2N2O. The van der Waals surface area contributed by atoms with Gasteiger partial charge in [-0.15, -0.1) is 0 Å². The lowest BCUT2D eigenvalue weighted by Gasteiger charge is -2.23. The third kappa shape index (κ3) is 3.12. The van der Waals surface area contributed by atoms with Crippen molar-refractivity contribution in [3.63, 3.8) is 0 Å². The number of hydrogen-bond donors (Lipinski definition) is 2. The summed E-state index contributed by atoms with van der Waals surface area (Å²) in [5.74, 6) is 0.0550. The molecule has 0 radical (unpaired) electrons. The van der Waals surface area contributed by atoms with E-state index in [4.69, 9.17) is 23.2 Å². The van der Waals surface area contributed by atoms with E-state index in [2.05, 4.69) is 10.6 Å². The van der Waals surface area contributed by atoms with Crippen LogP contribution in [0, 0.1) is 0 Å². The molecular weight excluding hydrogens is 259 g/mol. The number of benzene rings is 1. The Kier molecular flexibility index (Phi) is 4.26. The smallest absolute Gasteiger partial charge is 0.237 e. The fourth-order valence-corrected chi connectivity index (χ4v) is 2.42. The van der Waals surface area contributed by atoms with Crippen molar-refractivity contribution in [3.8, 4) is 0 Å². The van der Waals surface area contributed by atoms with Gasteiger partial charge in [0.25, 0.3) is 0 Å². The maximum Gasteiger partial charge on any atom is 0.237 e. The van der Waals surface area contributed by atoms with Gasteiger partial charge >= 0.3 is 0 Å². The van der Waals surface area contributed by atoms with Gasteiger partial charge in [0.1, 0.15) is 0 Å². The van der Waals surface area contributed by atoms with E-state index >= 15 is 0 Å². The molecule has 3 nitrogen and oxygen atoms in total. The van der Waals surface area contributed by atoms with Crippen LogP contribution >= 0.6 is 23.2 Å². The van der Waals surface area contributed by atoms with Crippen LogP contribution < -0.4 is 10.6 Å². The Bertz CT molecular complexity index is 403. The number of halogens is 2. The molecule has 1 atom stereocenters. The van der Waals surface area contributed by atoms with Crippen molar-refractivity contribution in [2.75, 3.05) is 6.54 Å². The summed E-state index contributed by atoms with van der Waals surface area (Å²) in [5, 5.41) is 7.27. The number of rotatable bonds is 3. The lowest BCUT2D eigenvalue weighted by Crippen LogP contribution is -2.47. The second-order valence-electron chi connectivity index (χ2n) is 4.07. The zero-order valence-corrected chi connectivity index (χ0v) is 10.8. The van der Waals surface area contributed by atoms with Gasteiger partial charge in [0.15, 0.2) is 0 Å². The van der Waals surface area contributed by atoms with Gasteiger partial charge < -0.3 is 10.6 Å². The number of carbonyl (C=O) groups excluding carboxylic acids is 1. The third-order valence-electron chi connectivity index (χ3n) is 2.87. The second kappa shape index (κ2) is 5.71. The molecule has 1 saturated heterocycles. The average Bonchev–Trinajstić information content (AvgIpc) is 2.30. The SMILES string of the molecule is O=C1NCCCC1NCc1c(Cl)cccc1Cl. The van der Waals surface area contributed by atoms with Crippen LogP contribution in [0.2, 0.25) is 10.0 Å². The highest BCUT2D eigenvalue weighted by Crippen LogP contribution is 2.24. The Morgan fingerprint density at radius 3 is 2.71 bits per heavy atom. The molecule has 0 aliphatic carbocycles. The second-order valence-corrected chi connectivity index (χ2v) is 4.88. The molecule has 0 aromatic heterocycles. The Hall–Kier alpha value is -0.770. The minimum atomic E-state index is -0.143. The predicted molar refractivity (Wildman–Crippen MR) is 69.3 cm³/mol. The van der Waals surface area contributed by atoms with Crippen LogP contribution in [-0.4, -0.2) is 18.5 Å². The molecule has 1 aliphatic rings. The van der Waals surface area contributed by atoms with E-state index in [1.807, 2.05) is 6.07 Å². The lowest BCUT2D eigenvalue weighted by atomic mass is 10.1. The first-order valence-corrected chi connectivity index (χ1v) is 6.38. The number of hydrogen-bond acceptors (Lipinski definition) is 2. The normalized spacial score (nSPS) is 20.1. The lowest BCUT2D eigenvalue weighted by molar-refractivity contribution is -0.124. The molecule has 0 bridgehead atoms. The first-order chi connectivity index (χ1) is 8.18. The summed E-state index contributed by atoms with van der Waals surface area (Å²) in [4.78, 5) is 11.5. The summed E-state index contributed by atoms with van der Waals surface area (Å²) in [6, 6.07) is 5.26.